The van der Waals surface area contributed by atoms with E-state index in [4.69, 9.17) is 16.2 Å². The molecule has 3 rings (SSSR count). The van der Waals surface area contributed by atoms with Crippen molar-refractivity contribution in [3.8, 4) is 17.2 Å². The molecule has 0 aliphatic carbocycles. The molecule has 10 nitrogen and oxygen atoms in total. The number of nitrogens with zero attached hydrogens (tertiary/aromatic N) is 2. The molecule has 34 heavy (non-hydrogen) atoms. The molecule has 2 aromatic rings. The van der Waals surface area contributed by atoms with Crippen LogP contribution in [0.25, 0.3) is 0 Å². The van der Waals surface area contributed by atoms with Crippen molar-refractivity contribution in [1.29, 1.82) is 0 Å². The van der Waals surface area contributed by atoms with Crippen LogP contribution in [-0.2, 0) is 0 Å². The summed E-state index contributed by atoms with van der Waals surface area (Å²) in [6.07, 6.45) is 1.65. The van der Waals surface area contributed by atoms with Crippen molar-refractivity contribution in [3.63, 3.8) is 0 Å². The zero-order valence-electron chi connectivity index (χ0n) is 19.2. The first kappa shape index (κ1) is 25.1. The number of ether oxygens (including phenoxy) is 1. The minimum Gasteiger partial charge on any atom is -0.505 e. The fourth-order valence-corrected chi connectivity index (χ4v) is 4.07. The van der Waals surface area contributed by atoms with Crippen LogP contribution < -0.4 is 16.2 Å². The van der Waals surface area contributed by atoms with E-state index in [-0.39, 0.29) is 65.6 Å². The molecule has 1 unspecified atom stereocenters. The van der Waals surface area contributed by atoms with E-state index >= 15 is 0 Å². The molecule has 7 N–H and O–H groups in total. The number of piperidine rings is 1. The normalized spacial score (nSPS) is 15.7. The number of phenolic OH excluding ortho intramolecular Hbond substituents is 1. The van der Waals surface area contributed by atoms with Gasteiger partial charge in [0.05, 0.1) is 29.1 Å². The number of likely N-dealkylation sites (N-methyl/N-ethyl adjacent to an activating group) is 1. The van der Waals surface area contributed by atoms with E-state index in [1.165, 1.54) is 17.0 Å². The van der Waals surface area contributed by atoms with Crippen LogP contribution in [0.1, 0.15) is 40.5 Å². The molecule has 0 spiro atoms. The van der Waals surface area contributed by atoms with Gasteiger partial charge in [-0.1, -0.05) is 6.07 Å². The molecule has 2 amide bonds. The minimum atomic E-state index is -0.521. The van der Waals surface area contributed by atoms with E-state index in [0.717, 1.165) is 12.8 Å². The van der Waals surface area contributed by atoms with Gasteiger partial charge in [0, 0.05) is 38.9 Å². The summed E-state index contributed by atoms with van der Waals surface area (Å²) in [6, 6.07) is 7.52. The van der Waals surface area contributed by atoms with Crippen LogP contribution in [0.15, 0.2) is 30.3 Å². The second kappa shape index (κ2) is 11.1. The largest absolute Gasteiger partial charge is 0.505 e. The Morgan fingerprint density at radius 2 is 1.94 bits per heavy atom. The SMILES string of the molecule is CCN(CCO)C(=O)c1cc(Oc2c(N)cccc2C(=O)N2CCCC(CO)C2)cc(N)c1O. The first-order valence-electron chi connectivity index (χ1n) is 11.3. The first-order chi connectivity index (χ1) is 16.3. The molecule has 0 saturated carbocycles. The van der Waals surface area contributed by atoms with E-state index in [0.29, 0.717) is 19.6 Å². The lowest BCUT2D eigenvalue weighted by atomic mass is 9.98. The number of amides is 2. The van der Waals surface area contributed by atoms with E-state index in [1.807, 2.05) is 0 Å². The topological polar surface area (TPSA) is 163 Å². The summed E-state index contributed by atoms with van der Waals surface area (Å²) in [7, 11) is 0. The number of aliphatic hydroxyl groups excluding tert-OH is 2. The maximum absolute atomic E-state index is 13.3. The molecule has 1 atom stereocenters. The monoisotopic (exact) mass is 472 g/mol. The Bertz CT molecular complexity index is 1040. The Morgan fingerprint density at radius 1 is 1.18 bits per heavy atom. The zero-order chi connectivity index (χ0) is 24.8. The lowest BCUT2D eigenvalue weighted by Gasteiger charge is -2.32. The molecular formula is C24H32N4O6. The Hall–Kier alpha value is -3.50. The molecule has 1 saturated heterocycles. The number of hydrogen-bond acceptors (Lipinski definition) is 8. The quantitative estimate of drug-likeness (QED) is 0.286. The third kappa shape index (κ3) is 5.35. The number of nitrogen functional groups attached to an aromatic ring is 2. The summed E-state index contributed by atoms with van der Waals surface area (Å²) < 4.78 is 5.97. The molecule has 1 fully saturated rings. The Morgan fingerprint density at radius 3 is 2.62 bits per heavy atom. The Labute approximate surface area is 198 Å². The van der Waals surface area contributed by atoms with Crippen LogP contribution in [0.3, 0.4) is 0 Å². The summed E-state index contributed by atoms with van der Waals surface area (Å²) in [6.45, 7) is 2.94. The number of likely N-dealkylation sites (tertiary alicyclic amines) is 1. The highest BCUT2D eigenvalue weighted by Gasteiger charge is 2.27. The van der Waals surface area contributed by atoms with Gasteiger partial charge in [0.25, 0.3) is 11.8 Å². The Balaban J connectivity index is 1.95. The number of anilines is 2. The van der Waals surface area contributed by atoms with Crippen molar-refractivity contribution in [2.75, 3.05) is 50.9 Å². The van der Waals surface area contributed by atoms with Gasteiger partial charge in [-0.15, -0.1) is 0 Å². The van der Waals surface area contributed by atoms with Gasteiger partial charge in [0.2, 0.25) is 0 Å². The van der Waals surface area contributed by atoms with Crippen LogP contribution in [-0.4, -0.2) is 76.3 Å². The van der Waals surface area contributed by atoms with Gasteiger partial charge in [-0.2, -0.15) is 0 Å². The average Bonchev–Trinajstić information content (AvgIpc) is 2.85. The first-order valence-corrected chi connectivity index (χ1v) is 11.3. The molecule has 0 aromatic heterocycles. The van der Waals surface area contributed by atoms with Crippen LogP contribution in [0.5, 0.6) is 17.2 Å². The fraction of sp³-hybridized carbons (Fsp3) is 0.417. The van der Waals surface area contributed by atoms with Gasteiger partial charge in [-0.25, -0.2) is 0 Å². The van der Waals surface area contributed by atoms with Crippen molar-refractivity contribution in [2.45, 2.75) is 19.8 Å². The third-order valence-electron chi connectivity index (χ3n) is 5.94. The summed E-state index contributed by atoms with van der Waals surface area (Å²) in [5, 5.41) is 29.1. The highest BCUT2D eigenvalue weighted by Crippen LogP contribution is 2.37. The molecule has 184 valence electrons. The zero-order valence-corrected chi connectivity index (χ0v) is 19.2. The molecule has 10 heteroatoms. The second-order valence-electron chi connectivity index (χ2n) is 8.29. The number of rotatable bonds is 8. The van der Waals surface area contributed by atoms with E-state index in [1.54, 1.807) is 30.0 Å². The van der Waals surface area contributed by atoms with Gasteiger partial charge >= 0.3 is 0 Å². The second-order valence-corrected chi connectivity index (χ2v) is 8.29. The predicted octanol–water partition coefficient (Wildman–Crippen LogP) is 1.65. The average molecular weight is 473 g/mol. The maximum Gasteiger partial charge on any atom is 0.257 e. The predicted molar refractivity (Wildman–Crippen MR) is 128 cm³/mol. The Kier molecular flexibility index (Phi) is 8.19. The summed E-state index contributed by atoms with van der Waals surface area (Å²) in [5.74, 6) is -0.929. The van der Waals surface area contributed by atoms with Gasteiger partial charge < -0.3 is 41.3 Å². The number of carbonyl (C=O) groups is 2. The molecule has 0 bridgehead atoms. The number of hydrogen-bond donors (Lipinski definition) is 5. The summed E-state index contributed by atoms with van der Waals surface area (Å²) in [4.78, 5) is 29.2. The number of aliphatic hydroxyl groups is 2. The van der Waals surface area contributed by atoms with Gasteiger partial charge in [0.1, 0.15) is 5.75 Å². The molecular weight excluding hydrogens is 440 g/mol. The fourth-order valence-electron chi connectivity index (χ4n) is 4.07. The van der Waals surface area contributed by atoms with Gasteiger partial charge in [0.15, 0.2) is 11.5 Å². The molecule has 1 aliphatic rings. The molecule has 1 heterocycles. The summed E-state index contributed by atoms with van der Waals surface area (Å²) in [5.41, 5.74) is 12.4. The smallest absolute Gasteiger partial charge is 0.257 e. The number of benzene rings is 2. The van der Waals surface area contributed by atoms with Crippen molar-refractivity contribution in [1.82, 2.24) is 9.80 Å². The number of phenols is 1. The van der Waals surface area contributed by atoms with Crippen molar-refractivity contribution >= 4 is 23.2 Å². The van der Waals surface area contributed by atoms with Gasteiger partial charge in [-0.05, 0) is 43.9 Å². The molecule has 0 radical (unpaired) electrons. The number of para-hydroxylation sites is 1. The molecule has 1 aliphatic heterocycles. The van der Waals surface area contributed by atoms with E-state index in [2.05, 4.69) is 0 Å². The maximum atomic E-state index is 13.3. The summed E-state index contributed by atoms with van der Waals surface area (Å²) >= 11 is 0. The van der Waals surface area contributed by atoms with E-state index in [9.17, 15) is 24.9 Å². The van der Waals surface area contributed by atoms with Crippen molar-refractivity contribution in [2.24, 2.45) is 5.92 Å². The number of nitrogens with two attached hydrogens (primary N) is 2. The van der Waals surface area contributed by atoms with E-state index < -0.39 is 11.7 Å². The highest BCUT2D eigenvalue weighted by molar-refractivity contribution is 6.00. The van der Waals surface area contributed by atoms with Crippen LogP contribution in [0.4, 0.5) is 11.4 Å². The van der Waals surface area contributed by atoms with Crippen molar-refractivity contribution < 1.29 is 29.6 Å². The lowest BCUT2D eigenvalue weighted by molar-refractivity contribution is 0.0617. The van der Waals surface area contributed by atoms with Crippen LogP contribution in [0.2, 0.25) is 0 Å². The standard InChI is InChI=1S/C24H32N4O6/c1-2-27(9-10-29)24(33)18-11-16(12-20(26)21(18)31)34-22-17(6-3-7-19(22)25)23(32)28-8-4-5-15(13-28)14-30/h3,6-7,11-12,15,29-31H,2,4-5,8-10,13-14,25-26H2,1H3. The number of aromatic hydroxyl groups is 1. The van der Waals surface area contributed by atoms with Crippen LogP contribution in [0, 0.1) is 5.92 Å². The minimum absolute atomic E-state index is 0.0126. The van der Waals surface area contributed by atoms with Crippen molar-refractivity contribution in [3.05, 3.63) is 41.5 Å². The van der Waals surface area contributed by atoms with Crippen LogP contribution >= 0.6 is 0 Å². The highest BCUT2D eigenvalue weighted by atomic mass is 16.5. The molecule has 2 aromatic carbocycles. The third-order valence-corrected chi connectivity index (χ3v) is 5.94. The van der Waals surface area contributed by atoms with Gasteiger partial charge in [-0.3, -0.25) is 9.59 Å². The number of carbonyl (C=O) groups excluding carboxylic acids is 2. The lowest BCUT2D eigenvalue weighted by Crippen LogP contribution is -2.41.